The number of rotatable bonds is 3. The highest BCUT2D eigenvalue weighted by Gasteiger charge is 2.31. The first-order valence-electron chi connectivity index (χ1n) is 5.50. The van der Waals surface area contributed by atoms with Gasteiger partial charge in [0.25, 0.3) is 0 Å². The summed E-state index contributed by atoms with van der Waals surface area (Å²) in [4.78, 5) is 0. The molecule has 0 aliphatic rings. The van der Waals surface area contributed by atoms with E-state index in [-0.39, 0.29) is 17.6 Å². The van der Waals surface area contributed by atoms with Crippen LogP contribution in [0.25, 0.3) is 0 Å². The number of nitrogens with zero attached hydrogens (tertiary/aromatic N) is 2. The van der Waals surface area contributed by atoms with E-state index in [1.54, 1.807) is 6.92 Å². The van der Waals surface area contributed by atoms with Crippen LogP contribution in [0, 0.1) is 0 Å². The Balaban J connectivity index is 2.28. The van der Waals surface area contributed by atoms with Crippen LogP contribution >= 0.6 is 15.9 Å². The number of hydrogen-bond acceptors (Lipinski definition) is 5. The van der Waals surface area contributed by atoms with E-state index in [1.165, 1.54) is 6.07 Å². The minimum atomic E-state index is -4.43. The summed E-state index contributed by atoms with van der Waals surface area (Å²) >= 11 is 3.15. The van der Waals surface area contributed by atoms with Crippen molar-refractivity contribution in [2.75, 3.05) is 5.32 Å². The third-order valence-corrected chi connectivity index (χ3v) is 3.06. The molecule has 1 aromatic heterocycles. The third-order valence-electron chi connectivity index (χ3n) is 2.37. The Kier molecular flexibility index (Phi) is 4.00. The molecule has 108 valence electrons. The molecule has 0 saturated carbocycles. The van der Waals surface area contributed by atoms with Gasteiger partial charge >= 0.3 is 12.2 Å². The maximum Gasteiger partial charge on any atom is 0.416 e. The van der Waals surface area contributed by atoms with E-state index in [2.05, 4.69) is 31.4 Å². The van der Waals surface area contributed by atoms with E-state index in [0.717, 1.165) is 12.1 Å². The fourth-order valence-corrected chi connectivity index (χ4v) is 1.73. The Morgan fingerprint density at radius 1 is 1.35 bits per heavy atom. The van der Waals surface area contributed by atoms with Gasteiger partial charge in [0.2, 0.25) is 5.89 Å². The summed E-state index contributed by atoms with van der Waals surface area (Å²) in [6.45, 7) is 1.65. The molecule has 5 nitrogen and oxygen atoms in total. The Morgan fingerprint density at radius 2 is 2.05 bits per heavy atom. The highest BCUT2D eigenvalue weighted by atomic mass is 79.9. The van der Waals surface area contributed by atoms with Gasteiger partial charge in [-0.1, -0.05) is 5.10 Å². The van der Waals surface area contributed by atoms with Gasteiger partial charge < -0.3 is 15.5 Å². The predicted molar refractivity (Wildman–Crippen MR) is 69.3 cm³/mol. The predicted octanol–water partition coefficient (Wildman–Crippen LogP) is 3.61. The minimum absolute atomic E-state index is 0.0303. The van der Waals surface area contributed by atoms with Gasteiger partial charge in [0.15, 0.2) is 0 Å². The number of benzene rings is 1. The molecule has 2 aromatic rings. The monoisotopic (exact) mass is 350 g/mol. The Hall–Kier alpha value is -1.61. The van der Waals surface area contributed by atoms with Gasteiger partial charge in [0, 0.05) is 4.47 Å². The highest BCUT2D eigenvalue weighted by molar-refractivity contribution is 9.10. The number of aromatic nitrogens is 2. The molecule has 0 saturated heterocycles. The number of nitrogens with two attached hydrogens (primary N) is 1. The first-order chi connectivity index (χ1) is 9.27. The zero-order valence-electron chi connectivity index (χ0n) is 10.2. The molecule has 1 atom stereocenters. The first kappa shape index (κ1) is 14.8. The van der Waals surface area contributed by atoms with Gasteiger partial charge in [-0.2, -0.15) is 13.2 Å². The van der Waals surface area contributed by atoms with Crippen LogP contribution < -0.4 is 11.1 Å². The quantitative estimate of drug-likeness (QED) is 0.883. The molecule has 1 aromatic carbocycles. The van der Waals surface area contributed by atoms with Gasteiger partial charge in [0.05, 0.1) is 17.3 Å². The fraction of sp³-hybridized carbons (Fsp3) is 0.273. The number of hydrogen-bond donors (Lipinski definition) is 2. The van der Waals surface area contributed by atoms with Crippen LogP contribution in [0.2, 0.25) is 0 Å². The SMILES string of the molecule is CC(N)c1nnc(Nc2cc(C(F)(F)F)ccc2Br)o1. The Labute approximate surface area is 120 Å². The van der Waals surface area contributed by atoms with Gasteiger partial charge in [0.1, 0.15) is 0 Å². The summed E-state index contributed by atoms with van der Waals surface area (Å²) < 4.78 is 43.5. The molecule has 0 radical (unpaired) electrons. The van der Waals surface area contributed by atoms with Gasteiger partial charge in [-0.05, 0) is 41.1 Å². The van der Waals surface area contributed by atoms with Crippen molar-refractivity contribution < 1.29 is 17.6 Å². The molecule has 3 N–H and O–H groups in total. The molecule has 0 aliphatic carbocycles. The maximum absolute atomic E-state index is 12.6. The molecule has 2 rings (SSSR count). The third kappa shape index (κ3) is 3.28. The van der Waals surface area contributed by atoms with Crippen LogP contribution in [0.4, 0.5) is 24.9 Å². The van der Waals surface area contributed by atoms with Crippen molar-refractivity contribution in [1.29, 1.82) is 0 Å². The van der Waals surface area contributed by atoms with Crippen LogP contribution in [-0.2, 0) is 6.18 Å². The van der Waals surface area contributed by atoms with Crippen molar-refractivity contribution >= 4 is 27.6 Å². The summed E-state index contributed by atoms with van der Waals surface area (Å²) in [7, 11) is 0. The molecule has 0 fully saturated rings. The van der Waals surface area contributed by atoms with Crippen LogP contribution in [0.3, 0.4) is 0 Å². The standard InChI is InChI=1S/C11H10BrF3N4O/c1-5(16)9-18-19-10(20-9)17-8-4-6(11(13,14)15)2-3-7(8)12/h2-5H,16H2,1H3,(H,17,19). The lowest BCUT2D eigenvalue weighted by atomic mass is 10.2. The van der Waals surface area contributed by atoms with Crippen molar-refractivity contribution in [2.24, 2.45) is 5.73 Å². The molecule has 9 heteroatoms. The summed E-state index contributed by atoms with van der Waals surface area (Å²) in [5.74, 6) is 0.190. The van der Waals surface area contributed by atoms with Gasteiger partial charge in [-0.25, -0.2) is 0 Å². The number of alkyl halides is 3. The molecule has 1 heterocycles. The van der Waals surface area contributed by atoms with E-state index in [9.17, 15) is 13.2 Å². The van der Waals surface area contributed by atoms with E-state index in [4.69, 9.17) is 10.2 Å². The largest absolute Gasteiger partial charge is 0.416 e. The van der Waals surface area contributed by atoms with E-state index < -0.39 is 17.8 Å². The minimum Gasteiger partial charge on any atom is -0.406 e. The second kappa shape index (κ2) is 5.41. The van der Waals surface area contributed by atoms with Crippen molar-refractivity contribution in [3.63, 3.8) is 0 Å². The Morgan fingerprint density at radius 3 is 2.60 bits per heavy atom. The lowest BCUT2D eigenvalue weighted by molar-refractivity contribution is -0.137. The normalized spacial score (nSPS) is 13.3. The van der Waals surface area contributed by atoms with Gasteiger partial charge in [-0.15, -0.1) is 5.10 Å². The van der Waals surface area contributed by atoms with Crippen LogP contribution in [0.1, 0.15) is 24.4 Å². The molecule has 0 amide bonds. The van der Waals surface area contributed by atoms with E-state index in [0.29, 0.717) is 4.47 Å². The van der Waals surface area contributed by atoms with Crippen LogP contribution in [0.15, 0.2) is 27.1 Å². The van der Waals surface area contributed by atoms with Gasteiger partial charge in [-0.3, -0.25) is 0 Å². The fourth-order valence-electron chi connectivity index (χ4n) is 1.38. The van der Waals surface area contributed by atoms with Crippen molar-refractivity contribution in [3.8, 4) is 0 Å². The van der Waals surface area contributed by atoms with Crippen molar-refractivity contribution in [3.05, 3.63) is 34.1 Å². The van der Waals surface area contributed by atoms with Crippen molar-refractivity contribution in [1.82, 2.24) is 10.2 Å². The zero-order chi connectivity index (χ0) is 14.9. The Bertz CT molecular complexity index is 612. The first-order valence-corrected chi connectivity index (χ1v) is 6.29. The molecule has 0 aliphatic heterocycles. The molecular weight excluding hydrogens is 341 g/mol. The molecule has 0 bridgehead atoms. The molecule has 0 spiro atoms. The maximum atomic E-state index is 12.6. The van der Waals surface area contributed by atoms with Crippen LogP contribution in [0.5, 0.6) is 0 Å². The number of nitrogens with one attached hydrogen (secondary N) is 1. The summed E-state index contributed by atoms with van der Waals surface area (Å²) in [6, 6.07) is 2.71. The lowest BCUT2D eigenvalue weighted by Gasteiger charge is -2.10. The zero-order valence-corrected chi connectivity index (χ0v) is 11.8. The summed E-state index contributed by atoms with van der Waals surface area (Å²) in [5, 5.41) is 9.94. The lowest BCUT2D eigenvalue weighted by Crippen LogP contribution is -2.05. The number of anilines is 2. The molecule has 20 heavy (non-hydrogen) atoms. The topological polar surface area (TPSA) is 77.0 Å². The van der Waals surface area contributed by atoms with E-state index >= 15 is 0 Å². The van der Waals surface area contributed by atoms with Crippen molar-refractivity contribution in [2.45, 2.75) is 19.1 Å². The second-order valence-corrected chi connectivity index (χ2v) is 4.91. The second-order valence-electron chi connectivity index (χ2n) is 4.05. The molecular formula is C11H10BrF3N4O. The summed E-state index contributed by atoms with van der Waals surface area (Å²) in [6.07, 6.45) is -4.43. The molecule has 1 unspecified atom stereocenters. The number of halogens is 4. The van der Waals surface area contributed by atoms with E-state index in [1.807, 2.05) is 0 Å². The highest BCUT2D eigenvalue weighted by Crippen LogP contribution is 2.34. The van der Waals surface area contributed by atoms with Crippen LogP contribution in [-0.4, -0.2) is 10.2 Å². The average molecular weight is 351 g/mol. The smallest absolute Gasteiger partial charge is 0.406 e. The summed E-state index contributed by atoms with van der Waals surface area (Å²) in [5.41, 5.74) is 4.93. The average Bonchev–Trinajstić information content (AvgIpc) is 2.79.